The van der Waals surface area contributed by atoms with Gasteiger partial charge in [-0.15, -0.1) is 0 Å². The molecule has 0 saturated carbocycles. The largest absolute Gasteiger partial charge is 0.497 e. The third-order valence-electron chi connectivity index (χ3n) is 5.16. The summed E-state index contributed by atoms with van der Waals surface area (Å²) in [4.78, 5) is 0. The van der Waals surface area contributed by atoms with Gasteiger partial charge in [-0.3, -0.25) is 0 Å². The first-order valence-corrected chi connectivity index (χ1v) is 11.6. The van der Waals surface area contributed by atoms with Crippen molar-refractivity contribution in [1.29, 1.82) is 0 Å². The molecule has 0 fully saturated rings. The lowest BCUT2D eigenvalue weighted by molar-refractivity contribution is 0.0136. The average Bonchev–Trinajstić information content (AvgIpc) is 2.85. The molecule has 3 aromatic rings. The number of hydrogen-bond donors (Lipinski definition) is 1. The zero-order valence-corrected chi connectivity index (χ0v) is 18.9. The summed E-state index contributed by atoms with van der Waals surface area (Å²) in [5.41, 5.74) is 2.37. The van der Waals surface area contributed by atoms with Gasteiger partial charge in [0, 0.05) is 12.4 Å². The van der Waals surface area contributed by atoms with Crippen molar-refractivity contribution in [2.24, 2.45) is 0 Å². The highest BCUT2D eigenvalue weighted by Gasteiger charge is 2.37. The number of thioether (sulfide) groups is 1. The molecule has 0 radical (unpaired) electrons. The number of rotatable bonds is 12. The Bertz CT molecular complexity index is 847. The van der Waals surface area contributed by atoms with Gasteiger partial charge in [-0.25, -0.2) is 0 Å². The molecule has 0 aliphatic rings. The Morgan fingerprint density at radius 2 is 1.23 bits per heavy atom. The monoisotopic (exact) mass is 438 g/mol. The molecule has 5 heteroatoms. The van der Waals surface area contributed by atoms with Crippen LogP contribution < -0.4 is 9.47 Å². The summed E-state index contributed by atoms with van der Waals surface area (Å²) >= 11 is 1.74. The topological polar surface area (TPSA) is 47.9 Å². The molecule has 1 N–H and O–H groups in total. The molecule has 0 spiro atoms. The Balaban J connectivity index is 2.05. The lowest BCUT2D eigenvalue weighted by Gasteiger charge is -2.36. The number of methoxy groups -OCH3 is 2. The Labute approximate surface area is 189 Å². The third kappa shape index (κ3) is 5.62. The quantitative estimate of drug-likeness (QED) is 0.314. The van der Waals surface area contributed by atoms with E-state index in [9.17, 15) is 0 Å². The van der Waals surface area contributed by atoms with E-state index < -0.39 is 5.60 Å². The van der Waals surface area contributed by atoms with Crippen LogP contribution in [0.3, 0.4) is 0 Å². The molecule has 0 heterocycles. The molecule has 0 aliphatic carbocycles. The Morgan fingerprint density at radius 1 is 0.710 bits per heavy atom. The van der Waals surface area contributed by atoms with E-state index in [1.165, 1.54) is 0 Å². The molecule has 0 unspecified atom stereocenters. The van der Waals surface area contributed by atoms with Gasteiger partial charge in [-0.05, 0) is 53.1 Å². The first-order chi connectivity index (χ1) is 15.2. The SMILES string of the molecule is COc1ccc(C(OCCCSCCO)(c2ccccc2)c2ccc(OC)cc2)cc1. The molecule has 0 amide bonds. The molecule has 0 saturated heterocycles. The van der Waals surface area contributed by atoms with Crippen LogP contribution in [-0.2, 0) is 10.3 Å². The van der Waals surface area contributed by atoms with Gasteiger partial charge in [0.2, 0.25) is 0 Å². The van der Waals surface area contributed by atoms with Crippen LogP contribution in [0.5, 0.6) is 11.5 Å². The standard InChI is InChI=1S/C26H30O4S/c1-28-24-13-9-22(10-14-24)26(21-7-4-3-5-8-21,30-18-6-19-31-20-17-27)23-11-15-25(29-2)16-12-23/h3-5,7-16,27H,6,17-20H2,1-2H3. The molecule has 0 bridgehead atoms. The predicted octanol–water partition coefficient (Wildman–Crippen LogP) is 5.13. The minimum atomic E-state index is -0.762. The maximum Gasteiger partial charge on any atom is 0.143 e. The van der Waals surface area contributed by atoms with Crippen LogP contribution in [0.2, 0.25) is 0 Å². The first-order valence-electron chi connectivity index (χ1n) is 10.4. The predicted molar refractivity (Wildman–Crippen MR) is 127 cm³/mol. The van der Waals surface area contributed by atoms with Crippen LogP contribution in [0, 0.1) is 0 Å². The summed E-state index contributed by atoms with van der Waals surface area (Å²) in [5, 5.41) is 9.01. The fourth-order valence-electron chi connectivity index (χ4n) is 3.63. The molecule has 3 aromatic carbocycles. The van der Waals surface area contributed by atoms with Gasteiger partial charge < -0.3 is 19.3 Å². The van der Waals surface area contributed by atoms with Gasteiger partial charge in [-0.1, -0.05) is 54.6 Å². The van der Waals surface area contributed by atoms with Crippen molar-refractivity contribution >= 4 is 11.8 Å². The lowest BCUT2D eigenvalue weighted by atomic mass is 9.80. The highest BCUT2D eigenvalue weighted by Crippen LogP contribution is 2.41. The summed E-state index contributed by atoms with van der Waals surface area (Å²) in [5.74, 6) is 3.30. The van der Waals surface area contributed by atoms with Crippen molar-refractivity contribution < 1.29 is 19.3 Å². The second-order valence-corrected chi connectivity index (χ2v) is 8.27. The van der Waals surface area contributed by atoms with Crippen molar-refractivity contribution in [2.45, 2.75) is 12.0 Å². The molecule has 0 aliphatic heterocycles. The summed E-state index contributed by atoms with van der Waals surface area (Å²) in [6.07, 6.45) is 0.894. The van der Waals surface area contributed by atoms with Crippen LogP contribution in [0.4, 0.5) is 0 Å². The Morgan fingerprint density at radius 3 is 1.71 bits per heavy atom. The van der Waals surface area contributed by atoms with E-state index in [1.807, 2.05) is 42.5 Å². The summed E-state index contributed by atoms with van der Waals surface area (Å²) in [6, 6.07) is 26.4. The number of benzene rings is 3. The van der Waals surface area contributed by atoms with E-state index in [1.54, 1.807) is 26.0 Å². The summed E-state index contributed by atoms with van der Waals surface area (Å²) < 4.78 is 17.5. The molecular weight excluding hydrogens is 408 g/mol. The maximum absolute atomic E-state index is 9.01. The number of ether oxygens (including phenoxy) is 3. The van der Waals surface area contributed by atoms with Gasteiger partial charge in [0.1, 0.15) is 17.1 Å². The molecule has 0 aromatic heterocycles. The van der Waals surface area contributed by atoms with Gasteiger partial charge >= 0.3 is 0 Å². The average molecular weight is 439 g/mol. The summed E-state index contributed by atoms with van der Waals surface area (Å²) in [6.45, 7) is 0.794. The van der Waals surface area contributed by atoms with Crippen molar-refractivity contribution in [3.63, 3.8) is 0 Å². The van der Waals surface area contributed by atoms with Gasteiger partial charge in [0.05, 0.1) is 20.8 Å². The van der Waals surface area contributed by atoms with E-state index in [4.69, 9.17) is 19.3 Å². The van der Waals surface area contributed by atoms with Crippen molar-refractivity contribution in [2.75, 3.05) is 38.9 Å². The fraction of sp³-hybridized carbons (Fsp3) is 0.308. The molecule has 4 nitrogen and oxygen atoms in total. The number of aliphatic hydroxyl groups excluding tert-OH is 1. The Hall–Kier alpha value is -2.47. The van der Waals surface area contributed by atoms with Crippen molar-refractivity contribution in [3.8, 4) is 11.5 Å². The van der Waals surface area contributed by atoms with Gasteiger partial charge in [0.15, 0.2) is 0 Å². The van der Waals surface area contributed by atoms with Crippen LogP contribution in [0.15, 0.2) is 78.9 Å². The number of hydrogen-bond acceptors (Lipinski definition) is 5. The second-order valence-electron chi connectivity index (χ2n) is 7.04. The fourth-order valence-corrected chi connectivity index (χ4v) is 4.28. The smallest absolute Gasteiger partial charge is 0.143 e. The van der Waals surface area contributed by atoms with Crippen molar-refractivity contribution in [1.82, 2.24) is 0 Å². The minimum Gasteiger partial charge on any atom is -0.497 e. The lowest BCUT2D eigenvalue weighted by Crippen LogP contribution is -2.33. The van der Waals surface area contributed by atoms with Gasteiger partial charge in [0.25, 0.3) is 0 Å². The van der Waals surface area contributed by atoms with E-state index in [2.05, 4.69) is 36.4 Å². The molecule has 3 rings (SSSR count). The number of aliphatic hydroxyl groups is 1. The molecule has 0 atom stereocenters. The zero-order chi connectivity index (χ0) is 21.9. The van der Waals surface area contributed by atoms with Crippen LogP contribution >= 0.6 is 11.8 Å². The molecular formula is C26H30O4S. The van der Waals surface area contributed by atoms with E-state index >= 15 is 0 Å². The Kier molecular flexibility index (Phi) is 8.83. The summed E-state index contributed by atoms with van der Waals surface area (Å²) in [7, 11) is 3.34. The zero-order valence-electron chi connectivity index (χ0n) is 18.1. The van der Waals surface area contributed by atoms with Crippen molar-refractivity contribution in [3.05, 3.63) is 95.6 Å². The maximum atomic E-state index is 9.01. The van der Waals surface area contributed by atoms with Crippen LogP contribution in [0.1, 0.15) is 23.1 Å². The van der Waals surface area contributed by atoms with Gasteiger partial charge in [-0.2, -0.15) is 11.8 Å². The third-order valence-corrected chi connectivity index (χ3v) is 6.21. The minimum absolute atomic E-state index is 0.206. The molecule has 164 valence electrons. The van der Waals surface area contributed by atoms with E-state index in [0.717, 1.165) is 46.1 Å². The molecule has 31 heavy (non-hydrogen) atoms. The normalized spacial score (nSPS) is 11.3. The van der Waals surface area contributed by atoms with E-state index in [0.29, 0.717) is 6.61 Å². The van der Waals surface area contributed by atoms with E-state index in [-0.39, 0.29) is 6.61 Å². The van der Waals surface area contributed by atoms with Crippen LogP contribution in [-0.4, -0.2) is 44.0 Å². The first kappa shape index (κ1) is 23.2. The van der Waals surface area contributed by atoms with Crippen LogP contribution in [0.25, 0.3) is 0 Å². The highest BCUT2D eigenvalue weighted by atomic mass is 32.2. The highest BCUT2D eigenvalue weighted by molar-refractivity contribution is 7.99. The second kappa shape index (κ2) is 11.8.